The average molecular weight is 498 g/mol. The van der Waals surface area contributed by atoms with Gasteiger partial charge in [-0.1, -0.05) is 43.0 Å². The van der Waals surface area contributed by atoms with Crippen molar-refractivity contribution < 1.29 is 14.3 Å². The van der Waals surface area contributed by atoms with Crippen molar-refractivity contribution in [2.75, 3.05) is 12.9 Å². The van der Waals surface area contributed by atoms with Gasteiger partial charge >= 0.3 is 5.97 Å². The highest BCUT2D eigenvalue weighted by Crippen LogP contribution is 2.36. The van der Waals surface area contributed by atoms with E-state index in [2.05, 4.69) is 0 Å². The molecule has 1 amide bonds. The van der Waals surface area contributed by atoms with Crippen LogP contribution in [0.15, 0.2) is 34.2 Å². The van der Waals surface area contributed by atoms with Crippen LogP contribution in [0.5, 0.6) is 0 Å². The number of carbonyl (C=O) groups is 2. The minimum absolute atomic E-state index is 0.000496. The molecule has 7 nitrogen and oxygen atoms in total. The van der Waals surface area contributed by atoms with Crippen molar-refractivity contribution in [3.8, 4) is 0 Å². The zero-order valence-corrected chi connectivity index (χ0v) is 21.0. The Balaban J connectivity index is 1.42. The molecule has 0 N–H and O–H groups in total. The Morgan fingerprint density at radius 3 is 2.79 bits per heavy atom. The van der Waals surface area contributed by atoms with Gasteiger partial charge in [0, 0.05) is 24.4 Å². The summed E-state index contributed by atoms with van der Waals surface area (Å²) in [6.07, 6.45) is 4.28. The molecule has 3 heterocycles. The molecule has 1 aromatic carbocycles. The van der Waals surface area contributed by atoms with Gasteiger partial charge < -0.3 is 9.64 Å². The lowest BCUT2D eigenvalue weighted by Gasteiger charge is -2.35. The second-order valence-electron chi connectivity index (χ2n) is 8.71. The number of hydrogen-bond donors (Lipinski definition) is 0. The van der Waals surface area contributed by atoms with Crippen LogP contribution in [0.3, 0.4) is 0 Å². The smallest absolute Gasteiger partial charge is 0.328 e. The van der Waals surface area contributed by atoms with Crippen molar-refractivity contribution >= 4 is 45.2 Å². The van der Waals surface area contributed by atoms with E-state index in [4.69, 9.17) is 9.72 Å². The van der Waals surface area contributed by atoms with Crippen molar-refractivity contribution in [3.05, 3.63) is 56.2 Å². The number of ether oxygens (including phenoxy) is 1. The summed E-state index contributed by atoms with van der Waals surface area (Å²) in [5.74, 6) is -0.480. The number of esters is 1. The fourth-order valence-electron chi connectivity index (χ4n) is 4.93. The van der Waals surface area contributed by atoms with Crippen molar-refractivity contribution in [3.63, 3.8) is 0 Å². The van der Waals surface area contributed by atoms with Gasteiger partial charge in [-0.25, -0.2) is 9.78 Å². The summed E-state index contributed by atoms with van der Waals surface area (Å²) in [4.78, 5) is 47.7. The highest BCUT2D eigenvalue weighted by molar-refractivity contribution is 7.99. The number of carbonyl (C=O) groups excluding carboxylic acids is 2. The number of nitrogens with zero attached hydrogens (tertiary/aromatic N) is 3. The van der Waals surface area contributed by atoms with Crippen LogP contribution in [-0.4, -0.2) is 45.2 Å². The van der Waals surface area contributed by atoms with E-state index in [0.717, 1.165) is 47.0 Å². The molecule has 1 aliphatic carbocycles. The lowest BCUT2D eigenvalue weighted by Crippen LogP contribution is -2.49. The Bertz CT molecular complexity index is 1330. The van der Waals surface area contributed by atoms with Crippen LogP contribution in [0.4, 0.5) is 0 Å². The van der Waals surface area contributed by atoms with Crippen LogP contribution in [0, 0.1) is 0 Å². The quantitative estimate of drug-likeness (QED) is 0.294. The molecule has 34 heavy (non-hydrogen) atoms. The molecule has 2 aliphatic rings. The van der Waals surface area contributed by atoms with Gasteiger partial charge in [-0.2, -0.15) is 0 Å². The van der Waals surface area contributed by atoms with Gasteiger partial charge in [-0.15, -0.1) is 11.3 Å². The van der Waals surface area contributed by atoms with E-state index in [1.165, 1.54) is 29.3 Å². The molecule has 0 radical (unpaired) electrons. The van der Waals surface area contributed by atoms with Crippen LogP contribution in [-0.2, 0) is 46.7 Å². The molecule has 2 aromatic heterocycles. The largest absolute Gasteiger partial charge is 0.467 e. The van der Waals surface area contributed by atoms with Crippen molar-refractivity contribution in [2.45, 2.75) is 63.3 Å². The number of methoxy groups -OCH3 is 1. The molecule has 1 atom stereocenters. The molecular formula is C25H27N3O4S2. The van der Waals surface area contributed by atoms with Crippen LogP contribution in [0.2, 0.25) is 0 Å². The summed E-state index contributed by atoms with van der Waals surface area (Å²) < 4.78 is 6.71. The number of thioether (sulfide) groups is 1. The number of hydrogen-bond acceptors (Lipinski definition) is 7. The monoisotopic (exact) mass is 497 g/mol. The minimum atomic E-state index is -0.651. The Morgan fingerprint density at radius 2 is 2.03 bits per heavy atom. The van der Waals surface area contributed by atoms with Gasteiger partial charge in [0.25, 0.3) is 5.56 Å². The van der Waals surface area contributed by atoms with E-state index in [0.29, 0.717) is 24.7 Å². The maximum atomic E-state index is 13.4. The highest BCUT2D eigenvalue weighted by Gasteiger charge is 2.35. The lowest BCUT2D eigenvalue weighted by molar-refractivity contribution is -0.153. The summed E-state index contributed by atoms with van der Waals surface area (Å²) in [5.41, 5.74) is 3.27. The molecule has 0 unspecified atom stereocenters. The van der Waals surface area contributed by atoms with Gasteiger partial charge in [0.1, 0.15) is 10.9 Å². The first-order chi connectivity index (χ1) is 16.5. The first-order valence-corrected chi connectivity index (χ1v) is 13.4. The van der Waals surface area contributed by atoms with Crippen LogP contribution < -0.4 is 5.56 Å². The zero-order valence-electron chi connectivity index (χ0n) is 19.3. The van der Waals surface area contributed by atoms with Crippen LogP contribution >= 0.6 is 23.1 Å². The third kappa shape index (κ3) is 4.05. The topological polar surface area (TPSA) is 81.5 Å². The standard InChI is InChI=1S/C25H27N3O4S2/c1-3-11-27-23(30)21-17-9-6-10-19(17)34-22(21)26-25(27)33-14-20(29)28-13-16-8-5-4-7-15(16)12-18(28)24(31)32-2/h4-5,7-8,18H,3,6,9-14H2,1-2H3/t18-/m0/s1. The van der Waals surface area contributed by atoms with Crippen molar-refractivity contribution in [1.29, 1.82) is 0 Å². The fraction of sp³-hybridized carbons (Fsp3) is 0.440. The second-order valence-corrected chi connectivity index (χ2v) is 10.7. The third-order valence-corrected chi connectivity index (χ3v) is 8.75. The van der Waals surface area contributed by atoms with Gasteiger partial charge in [-0.3, -0.25) is 14.2 Å². The fourth-order valence-corrected chi connectivity index (χ4v) is 7.14. The maximum Gasteiger partial charge on any atom is 0.328 e. The number of aryl methyl sites for hydroxylation is 2. The van der Waals surface area contributed by atoms with Crippen LogP contribution in [0.1, 0.15) is 41.3 Å². The molecule has 1 aliphatic heterocycles. The summed E-state index contributed by atoms with van der Waals surface area (Å²) in [6.45, 7) is 2.95. The molecule has 0 fully saturated rings. The number of benzene rings is 1. The molecule has 0 saturated heterocycles. The summed E-state index contributed by atoms with van der Waals surface area (Å²) in [7, 11) is 1.35. The first kappa shape index (κ1) is 23.1. The summed E-state index contributed by atoms with van der Waals surface area (Å²) in [6, 6.07) is 7.20. The molecular weight excluding hydrogens is 470 g/mol. The van der Waals surface area contributed by atoms with E-state index >= 15 is 0 Å². The van der Waals surface area contributed by atoms with Gasteiger partial charge in [-0.05, 0) is 42.4 Å². The van der Waals surface area contributed by atoms with E-state index < -0.39 is 12.0 Å². The third-order valence-electron chi connectivity index (χ3n) is 6.60. The zero-order chi connectivity index (χ0) is 23.8. The van der Waals surface area contributed by atoms with E-state index in [9.17, 15) is 14.4 Å². The molecule has 0 spiro atoms. The molecule has 3 aromatic rings. The molecule has 0 saturated carbocycles. The first-order valence-electron chi connectivity index (χ1n) is 11.6. The Labute approximate surface area is 206 Å². The number of fused-ring (bicyclic) bond motifs is 4. The minimum Gasteiger partial charge on any atom is -0.467 e. The molecule has 0 bridgehead atoms. The predicted octanol–water partition coefficient (Wildman–Crippen LogP) is 3.58. The SMILES string of the molecule is CCCn1c(SCC(=O)N2Cc3ccccc3C[C@H]2C(=O)OC)nc2sc3c(c2c1=O)CCC3. The Kier molecular flexibility index (Phi) is 6.48. The maximum absolute atomic E-state index is 13.4. The van der Waals surface area contributed by atoms with Crippen molar-refractivity contribution in [1.82, 2.24) is 14.5 Å². The normalized spacial score (nSPS) is 17.0. The Morgan fingerprint density at radius 1 is 1.24 bits per heavy atom. The lowest BCUT2D eigenvalue weighted by atomic mass is 9.94. The van der Waals surface area contributed by atoms with Crippen LogP contribution in [0.25, 0.3) is 10.2 Å². The summed E-state index contributed by atoms with van der Waals surface area (Å²) in [5, 5.41) is 1.33. The molecule has 9 heteroatoms. The van der Waals surface area contributed by atoms with Crippen molar-refractivity contribution in [2.24, 2.45) is 0 Å². The highest BCUT2D eigenvalue weighted by atomic mass is 32.2. The van der Waals surface area contributed by atoms with E-state index in [1.54, 1.807) is 20.8 Å². The number of rotatable bonds is 6. The number of amides is 1. The van der Waals surface area contributed by atoms with Gasteiger partial charge in [0.05, 0.1) is 18.2 Å². The molecule has 178 valence electrons. The number of thiophene rings is 1. The van der Waals surface area contributed by atoms with Gasteiger partial charge in [0.2, 0.25) is 5.91 Å². The van der Waals surface area contributed by atoms with Gasteiger partial charge in [0.15, 0.2) is 5.16 Å². The Hall–Kier alpha value is -2.65. The van der Waals surface area contributed by atoms with E-state index in [1.807, 2.05) is 31.2 Å². The van der Waals surface area contributed by atoms with E-state index in [-0.39, 0.29) is 17.2 Å². The number of aromatic nitrogens is 2. The summed E-state index contributed by atoms with van der Waals surface area (Å²) >= 11 is 2.89. The second kappa shape index (κ2) is 9.54. The average Bonchev–Trinajstić information content (AvgIpc) is 3.44. The molecule has 5 rings (SSSR count). The predicted molar refractivity (Wildman–Crippen MR) is 133 cm³/mol.